The molecule has 0 bridgehead atoms. The number of benzene rings is 1. The fraction of sp³-hybridized carbons (Fsp3) is 0.0909. The van der Waals surface area contributed by atoms with E-state index in [2.05, 4.69) is 25.9 Å². The molecule has 2 aromatic rings. The largest absolute Gasteiger partial charge is 0.486 e. The molecular formula is C11H7BrClFN2O. The molecule has 0 aliphatic rings. The second-order valence-corrected chi connectivity index (χ2v) is 4.44. The monoisotopic (exact) mass is 316 g/mol. The maximum atomic E-state index is 12.8. The number of hydrogen-bond donors (Lipinski definition) is 0. The summed E-state index contributed by atoms with van der Waals surface area (Å²) in [5, 5.41) is 0.330. The molecule has 3 nitrogen and oxygen atoms in total. The number of aromatic nitrogens is 2. The molecule has 0 unspecified atom stereocenters. The summed E-state index contributed by atoms with van der Waals surface area (Å²) in [6, 6.07) is 4.21. The third-order valence-corrected chi connectivity index (χ3v) is 2.76. The average Bonchev–Trinajstić information content (AvgIpc) is 2.30. The van der Waals surface area contributed by atoms with Crippen LogP contribution in [0, 0.1) is 5.82 Å². The molecule has 0 saturated heterocycles. The lowest BCUT2D eigenvalue weighted by Crippen LogP contribution is -1.99. The number of hydrogen-bond acceptors (Lipinski definition) is 3. The molecule has 0 radical (unpaired) electrons. The van der Waals surface area contributed by atoms with Gasteiger partial charge in [-0.2, -0.15) is 0 Å². The third kappa shape index (κ3) is 3.38. The average molecular weight is 318 g/mol. The highest BCUT2D eigenvalue weighted by Gasteiger charge is 2.03. The molecule has 88 valence electrons. The molecule has 1 heterocycles. The molecule has 0 atom stereocenters. The minimum Gasteiger partial charge on any atom is -0.486 e. The van der Waals surface area contributed by atoms with Crippen LogP contribution in [0.15, 0.2) is 35.1 Å². The van der Waals surface area contributed by atoms with Crippen molar-refractivity contribution in [2.24, 2.45) is 0 Å². The molecule has 0 fully saturated rings. The van der Waals surface area contributed by atoms with Crippen LogP contribution in [-0.4, -0.2) is 9.97 Å². The van der Waals surface area contributed by atoms with Gasteiger partial charge in [0.05, 0.1) is 22.6 Å². The Hall–Kier alpha value is -1.20. The van der Waals surface area contributed by atoms with E-state index in [4.69, 9.17) is 16.3 Å². The van der Waals surface area contributed by atoms with Gasteiger partial charge in [-0.3, -0.25) is 4.98 Å². The SMILES string of the molecule is Fc1ccc(OCc2cnc(Cl)cn2)c(Br)c1. The number of halogens is 3. The Morgan fingerprint density at radius 2 is 2.12 bits per heavy atom. The van der Waals surface area contributed by atoms with Crippen LogP contribution >= 0.6 is 27.5 Å². The van der Waals surface area contributed by atoms with Crippen LogP contribution in [0.2, 0.25) is 5.15 Å². The van der Waals surface area contributed by atoms with Gasteiger partial charge in [0.1, 0.15) is 23.3 Å². The first-order valence-electron chi connectivity index (χ1n) is 4.69. The molecule has 0 spiro atoms. The Morgan fingerprint density at radius 3 is 2.76 bits per heavy atom. The van der Waals surface area contributed by atoms with Gasteiger partial charge in [-0.1, -0.05) is 11.6 Å². The molecule has 0 amide bonds. The van der Waals surface area contributed by atoms with Gasteiger partial charge in [-0.25, -0.2) is 9.37 Å². The van der Waals surface area contributed by atoms with E-state index < -0.39 is 0 Å². The van der Waals surface area contributed by atoms with E-state index in [1.807, 2.05) is 0 Å². The Labute approximate surface area is 111 Å². The molecule has 17 heavy (non-hydrogen) atoms. The van der Waals surface area contributed by atoms with Crippen molar-refractivity contribution in [2.75, 3.05) is 0 Å². The number of nitrogens with zero attached hydrogens (tertiary/aromatic N) is 2. The summed E-state index contributed by atoms with van der Waals surface area (Å²) >= 11 is 8.82. The van der Waals surface area contributed by atoms with Gasteiger partial charge >= 0.3 is 0 Å². The first kappa shape index (κ1) is 12.3. The summed E-state index contributed by atoms with van der Waals surface area (Å²) in [5.74, 6) is 0.221. The minimum absolute atomic E-state index is 0.244. The molecule has 0 aliphatic carbocycles. The van der Waals surface area contributed by atoms with Crippen molar-refractivity contribution in [3.8, 4) is 5.75 Å². The van der Waals surface area contributed by atoms with E-state index >= 15 is 0 Å². The van der Waals surface area contributed by atoms with Gasteiger partial charge in [-0.05, 0) is 34.1 Å². The zero-order chi connectivity index (χ0) is 12.3. The fourth-order valence-electron chi connectivity index (χ4n) is 1.16. The van der Waals surface area contributed by atoms with Crippen molar-refractivity contribution in [2.45, 2.75) is 6.61 Å². The van der Waals surface area contributed by atoms with Crippen LogP contribution in [0.3, 0.4) is 0 Å². The van der Waals surface area contributed by atoms with Gasteiger partial charge in [-0.15, -0.1) is 0 Å². The maximum Gasteiger partial charge on any atom is 0.147 e. The fourth-order valence-corrected chi connectivity index (χ4v) is 1.72. The van der Waals surface area contributed by atoms with E-state index in [-0.39, 0.29) is 12.4 Å². The van der Waals surface area contributed by atoms with Crippen LogP contribution in [0.5, 0.6) is 5.75 Å². The van der Waals surface area contributed by atoms with Gasteiger partial charge in [0, 0.05) is 0 Å². The van der Waals surface area contributed by atoms with E-state index in [0.717, 1.165) is 0 Å². The molecule has 1 aromatic heterocycles. The lowest BCUT2D eigenvalue weighted by Gasteiger charge is -2.07. The van der Waals surface area contributed by atoms with Crippen molar-refractivity contribution in [1.82, 2.24) is 9.97 Å². The van der Waals surface area contributed by atoms with Crippen LogP contribution in [0.25, 0.3) is 0 Å². The summed E-state index contributed by atoms with van der Waals surface area (Å²) in [4.78, 5) is 7.91. The molecule has 0 saturated carbocycles. The summed E-state index contributed by atoms with van der Waals surface area (Å²) in [5.41, 5.74) is 0.644. The van der Waals surface area contributed by atoms with Crippen molar-refractivity contribution in [3.05, 3.63) is 51.7 Å². The number of rotatable bonds is 3. The molecule has 0 aliphatic heterocycles. The van der Waals surface area contributed by atoms with Crippen LogP contribution < -0.4 is 4.74 Å². The quantitative estimate of drug-likeness (QED) is 0.867. The van der Waals surface area contributed by atoms with E-state index in [1.165, 1.54) is 24.5 Å². The predicted octanol–water partition coefficient (Wildman–Crippen LogP) is 3.61. The molecule has 6 heteroatoms. The lowest BCUT2D eigenvalue weighted by atomic mass is 10.3. The van der Waals surface area contributed by atoms with E-state index in [9.17, 15) is 4.39 Å². The normalized spacial score (nSPS) is 10.3. The highest BCUT2D eigenvalue weighted by atomic mass is 79.9. The van der Waals surface area contributed by atoms with Crippen LogP contribution in [-0.2, 0) is 6.61 Å². The topological polar surface area (TPSA) is 35.0 Å². The van der Waals surface area contributed by atoms with Gasteiger partial charge in [0.2, 0.25) is 0 Å². The number of ether oxygens (including phenoxy) is 1. The Morgan fingerprint density at radius 1 is 1.29 bits per heavy atom. The van der Waals surface area contributed by atoms with Gasteiger partial charge in [0.25, 0.3) is 0 Å². The van der Waals surface area contributed by atoms with Crippen molar-refractivity contribution in [1.29, 1.82) is 0 Å². The summed E-state index contributed by atoms with van der Waals surface area (Å²) < 4.78 is 18.8. The maximum absolute atomic E-state index is 12.8. The smallest absolute Gasteiger partial charge is 0.147 e. The molecule has 2 rings (SSSR count). The molecule has 0 N–H and O–H groups in total. The second-order valence-electron chi connectivity index (χ2n) is 3.19. The second kappa shape index (κ2) is 5.42. The predicted molar refractivity (Wildman–Crippen MR) is 65.5 cm³/mol. The van der Waals surface area contributed by atoms with E-state index in [0.29, 0.717) is 21.1 Å². The lowest BCUT2D eigenvalue weighted by molar-refractivity contribution is 0.298. The van der Waals surface area contributed by atoms with Crippen LogP contribution in [0.4, 0.5) is 4.39 Å². The van der Waals surface area contributed by atoms with Crippen LogP contribution in [0.1, 0.15) is 5.69 Å². The summed E-state index contributed by atoms with van der Waals surface area (Å²) in [6.07, 6.45) is 2.97. The zero-order valence-corrected chi connectivity index (χ0v) is 10.9. The Bertz CT molecular complexity index is 521. The first-order valence-corrected chi connectivity index (χ1v) is 5.86. The summed E-state index contributed by atoms with van der Waals surface area (Å²) in [6.45, 7) is 0.244. The third-order valence-electron chi connectivity index (χ3n) is 1.94. The van der Waals surface area contributed by atoms with Crippen molar-refractivity contribution < 1.29 is 9.13 Å². The van der Waals surface area contributed by atoms with Gasteiger partial charge < -0.3 is 4.74 Å². The Balaban J connectivity index is 2.04. The molecule has 1 aromatic carbocycles. The minimum atomic E-state index is -0.324. The van der Waals surface area contributed by atoms with Crippen molar-refractivity contribution >= 4 is 27.5 Å². The standard InChI is InChI=1S/C11H7BrClFN2O/c12-9-3-7(14)1-2-10(9)17-6-8-4-16-11(13)5-15-8/h1-5H,6H2. The Kier molecular flexibility index (Phi) is 3.91. The highest BCUT2D eigenvalue weighted by molar-refractivity contribution is 9.10. The van der Waals surface area contributed by atoms with Gasteiger partial charge in [0.15, 0.2) is 0 Å². The zero-order valence-electron chi connectivity index (χ0n) is 8.53. The van der Waals surface area contributed by atoms with Crippen molar-refractivity contribution in [3.63, 3.8) is 0 Å². The highest BCUT2D eigenvalue weighted by Crippen LogP contribution is 2.26. The molecular weight excluding hydrogens is 310 g/mol. The summed E-state index contributed by atoms with van der Waals surface area (Å²) in [7, 11) is 0. The first-order chi connectivity index (χ1) is 8.15. The van der Waals surface area contributed by atoms with E-state index in [1.54, 1.807) is 6.07 Å².